The highest BCUT2D eigenvalue weighted by Gasteiger charge is 2.37. The smallest absolute Gasteiger partial charge is 0.310 e. The Bertz CT molecular complexity index is 319. The summed E-state index contributed by atoms with van der Waals surface area (Å²) in [6.45, 7) is 4.30. The van der Waals surface area contributed by atoms with E-state index >= 15 is 0 Å². The summed E-state index contributed by atoms with van der Waals surface area (Å²) in [4.78, 5) is 22.6. The van der Waals surface area contributed by atoms with Crippen LogP contribution in [0.2, 0.25) is 0 Å². The second-order valence-corrected chi connectivity index (χ2v) is 7.51. The van der Waals surface area contributed by atoms with Crippen LogP contribution in [-0.4, -0.2) is 33.7 Å². The first-order valence-electron chi connectivity index (χ1n) is 9.01. The SMILES string of the molecule is CCCCCCC(CCCCCC)(CSCCC(=O)O)C(=O)O. The maximum Gasteiger partial charge on any atom is 0.310 e. The molecule has 136 valence electrons. The number of carbonyl (C=O) groups is 2. The quantitative estimate of drug-likeness (QED) is 0.375. The molecule has 23 heavy (non-hydrogen) atoms. The Labute approximate surface area is 145 Å². The molecule has 0 radical (unpaired) electrons. The highest BCUT2D eigenvalue weighted by atomic mass is 32.2. The number of hydrogen-bond acceptors (Lipinski definition) is 3. The Kier molecular flexibility index (Phi) is 13.3. The van der Waals surface area contributed by atoms with Crippen molar-refractivity contribution in [2.45, 2.75) is 84.5 Å². The van der Waals surface area contributed by atoms with E-state index in [0.717, 1.165) is 51.4 Å². The molecule has 0 rings (SSSR count). The van der Waals surface area contributed by atoms with Crippen LogP contribution in [0.4, 0.5) is 0 Å². The van der Waals surface area contributed by atoms with E-state index in [9.17, 15) is 14.7 Å². The van der Waals surface area contributed by atoms with Gasteiger partial charge in [0.05, 0.1) is 11.8 Å². The van der Waals surface area contributed by atoms with E-state index in [4.69, 9.17) is 5.11 Å². The van der Waals surface area contributed by atoms with Gasteiger partial charge in [-0.2, -0.15) is 11.8 Å². The van der Waals surface area contributed by atoms with Crippen LogP contribution in [0, 0.1) is 5.41 Å². The van der Waals surface area contributed by atoms with E-state index in [1.165, 1.54) is 11.8 Å². The first-order chi connectivity index (χ1) is 11.0. The number of carboxylic acids is 2. The lowest BCUT2D eigenvalue weighted by Gasteiger charge is -2.29. The zero-order valence-corrected chi connectivity index (χ0v) is 15.6. The van der Waals surface area contributed by atoms with Gasteiger partial charge in [-0.15, -0.1) is 0 Å². The molecule has 0 aliphatic carbocycles. The number of unbranched alkanes of at least 4 members (excludes halogenated alkanes) is 6. The summed E-state index contributed by atoms with van der Waals surface area (Å²) < 4.78 is 0. The van der Waals surface area contributed by atoms with E-state index in [1.807, 2.05) is 0 Å². The van der Waals surface area contributed by atoms with Gasteiger partial charge in [-0.25, -0.2) is 0 Å². The fourth-order valence-corrected chi connectivity index (χ4v) is 4.02. The van der Waals surface area contributed by atoms with Crippen LogP contribution >= 0.6 is 11.8 Å². The fraction of sp³-hybridized carbons (Fsp3) is 0.889. The summed E-state index contributed by atoms with van der Waals surface area (Å²) >= 11 is 1.48. The molecule has 0 aromatic heterocycles. The van der Waals surface area contributed by atoms with Crippen molar-refractivity contribution < 1.29 is 19.8 Å². The minimum Gasteiger partial charge on any atom is -0.481 e. The van der Waals surface area contributed by atoms with Crippen molar-refractivity contribution in [2.24, 2.45) is 5.41 Å². The lowest BCUT2D eigenvalue weighted by molar-refractivity contribution is -0.148. The van der Waals surface area contributed by atoms with Crippen molar-refractivity contribution in [3.63, 3.8) is 0 Å². The molecule has 4 nitrogen and oxygen atoms in total. The zero-order valence-electron chi connectivity index (χ0n) is 14.8. The molecule has 0 atom stereocenters. The van der Waals surface area contributed by atoms with E-state index in [0.29, 0.717) is 24.3 Å². The highest BCUT2D eigenvalue weighted by molar-refractivity contribution is 7.99. The van der Waals surface area contributed by atoms with Gasteiger partial charge >= 0.3 is 11.9 Å². The van der Waals surface area contributed by atoms with Gasteiger partial charge in [-0.05, 0) is 12.8 Å². The Morgan fingerprint density at radius 1 is 0.870 bits per heavy atom. The molecule has 0 amide bonds. The molecular formula is C18H34O4S. The molecule has 0 bridgehead atoms. The van der Waals surface area contributed by atoms with Crippen LogP contribution in [-0.2, 0) is 9.59 Å². The molecule has 0 heterocycles. The number of aliphatic carboxylic acids is 2. The molecule has 0 spiro atoms. The summed E-state index contributed by atoms with van der Waals surface area (Å²) in [6, 6.07) is 0. The topological polar surface area (TPSA) is 74.6 Å². The van der Waals surface area contributed by atoms with Crippen molar-refractivity contribution >= 4 is 23.7 Å². The van der Waals surface area contributed by atoms with Crippen molar-refractivity contribution in [2.75, 3.05) is 11.5 Å². The molecule has 0 aliphatic rings. The summed E-state index contributed by atoms with van der Waals surface area (Å²) in [7, 11) is 0. The largest absolute Gasteiger partial charge is 0.481 e. The van der Waals surface area contributed by atoms with Gasteiger partial charge < -0.3 is 10.2 Å². The summed E-state index contributed by atoms with van der Waals surface area (Å²) in [6.07, 6.45) is 10.2. The third kappa shape index (κ3) is 10.6. The predicted molar refractivity (Wildman–Crippen MR) is 97.2 cm³/mol. The van der Waals surface area contributed by atoms with Crippen LogP contribution in [0.1, 0.15) is 84.5 Å². The van der Waals surface area contributed by atoms with Crippen LogP contribution in [0.5, 0.6) is 0 Å². The number of hydrogen-bond donors (Lipinski definition) is 2. The molecule has 0 aromatic rings. The molecule has 0 saturated heterocycles. The summed E-state index contributed by atoms with van der Waals surface area (Å²) in [5.41, 5.74) is -0.676. The highest BCUT2D eigenvalue weighted by Crippen LogP contribution is 2.36. The van der Waals surface area contributed by atoms with E-state index in [1.54, 1.807) is 0 Å². The average molecular weight is 347 g/mol. The number of carboxylic acid groups (broad SMARTS) is 2. The average Bonchev–Trinajstić information content (AvgIpc) is 2.51. The maximum absolute atomic E-state index is 11.9. The minimum atomic E-state index is -0.815. The van der Waals surface area contributed by atoms with Gasteiger partial charge in [0.15, 0.2) is 0 Å². The van der Waals surface area contributed by atoms with Gasteiger partial charge in [0.1, 0.15) is 0 Å². The second-order valence-electron chi connectivity index (χ2n) is 6.40. The van der Waals surface area contributed by atoms with Crippen molar-refractivity contribution in [3.05, 3.63) is 0 Å². The Balaban J connectivity index is 4.58. The Morgan fingerprint density at radius 2 is 1.39 bits per heavy atom. The van der Waals surface area contributed by atoms with E-state index in [-0.39, 0.29) is 6.42 Å². The van der Waals surface area contributed by atoms with Gasteiger partial charge in [0.25, 0.3) is 0 Å². The summed E-state index contributed by atoms with van der Waals surface area (Å²) in [5, 5.41) is 18.5. The van der Waals surface area contributed by atoms with Gasteiger partial charge in [-0.1, -0.05) is 65.2 Å². The van der Waals surface area contributed by atoms with Crippen LogP contribution in [0.25, 0.3) is 0 Å². The molecule has 0 aromatic carbocycles. The minimum absolute atomic E-state index is 0.103. The number of thioether (sulfide) groups is 1. The van der Waals surface area contributed by atoms with Crippen LogP contribution in [0.15, 0.2) is 0 Å². The Morgan fingerprint density at radius 3 is 1.78 bits per heavy atom. The predicted octanol–water partition coefficient (Wildman–Crippen LogP) is 5.21. The first kappa shape index (κ1) is 22.3. The van der Waals surface area contributed by atoms with E-state index in [2.05, 4.69) is 13.8 Å². The second kappa shape index (κ2) is 13.7. The fourth-order valence-electron chi connectivity index (χ4n) is 2.75. The van der Waals surface area contributed by atoms with Crippen molar-refractivity contribution in [3.8, 4) is 0 Å². The van der Waals surface area contributed by atoms with Gasteiger partial charge in [-0.3, -0.25) is 9.59 Å². The first-order valence-corrected chi connectivity index (χ1v) is 10.2. The summed E-state index contributed by atoms with van der Waals surface area (Å²) in [5.74, 6) is -0.486. The molecule has 0 aliphatic heterocycles. The normalized spacial score (nSPS) is 11.6. The third-order valence-electron chi connectivity index (χ3n) is 4.31. The van der Waals surface area contributed by atoms with Crippen molar-refractivity contribution in [1.29, 1.82) is 0 Å². The van der Waals surface area contributed by atoms with Crippen LogP contribution < -0.4 is 0 Å². The van der Waals surface area contributed by atoms with Crippen molar-refractivity contribution in [1.82, 2.24) is 0 Å². The van der Waals surface area contributed by atoms with Crippen LogP contribution in [0.3, 0.4) is 0 Å². The zero-order chi connectivity index (χ0) is 17.6. The molecule has 0 fully saturated rings. The lowest BCUT2D eigenvalue weighted by atomic mass is 9.79. The molecule has 0 saturated carbocycles. The number of rotatable bonds is 16. The van der Waals surface area contributed by atoms with Gasteiger partial charge in [0, 0.05) is 11.5 Å². The maximum atomic E-state index is 11.9. The Hall–Kier alpha value is -0.710. The molecular weight excluding hydrogens is 312 g/mol. The standard InChI is InChI=1S/C18H34O4S/c1-3-5-7-9-12-18(17(21)22,13-10-8-6-4-2)15-23-14-11-16(19)20/h3-15H2,1-2H3,(H,19,20)(H,21,22). The van der Waals surface area contributed by atoms with E-state index < -0.39 is 17.4 Å². The monoisotopic (exact) mass is 346 g/mol. The molecule has 0 unspecified atom stereocenters. The van der Waals surface area contributed by atoms with Gasteiger partial charge in [0.2, 0.25) is 0 Å². The molecule has 2 N–H and O–H groups in total. The lowest BCUT2D eigenvalue weighted by Crippen LogP contribution is -2.34. The molecule has 5 heteroatoms. The third-order valence-corrected chi connectivity index (χ3v) is 5.56.